The lowest BCUT2D eigenvalue weighted by molar-refractivity contribution is -0.113. The minimum absolute atomic E-state index is 0.135. The van der Waals surface area contributed by atoms with Crippen molar-refractivity contribution in [3.63, 3.8) is 0 Å². The Morgan fingerprint density at radius 2 is 1.96 bits per heavy atom. The van der Waals surface area contributed by atoms with Gasteiger partial charge in [0.2, 0.25) is 5.91 Å². The predicted octanol–water partition coefficient (Wildman–Crippen LogP) is 2.13. The van der Waals surface area contributed by atoms with E-state index in [1.807, 2.05) is 31.2 Å². The zero-order chi connectivity index (χ0) is 16.2. The van der Waals surface area contributed by atoms with E-state index in [2.05, 4.69) is 15.3 Å². The van der Waals surface area contributed by atoms with E-state index in [0.717, 1.165) is 23.0 Å². The normalized spacial score (nSPS) is 10.7. The van der Waals surface area contributed by atoms with Gasteiger partial charge in [0.15, 0.2) is 5.16 Å². The highest BCUT2D eigenvalue weighted by atomic mass is 32.2. The Morgan fingerprint density at radius 3 is 2.74 bits per heavy atom. The van der Waals surface area contributed by atoms with Crippen molar-refractivity contribution in [3.05, 3.63) is 64.7 Å². The Hall–Kier alpha value is -2.67. The van der Waals surface area contributed by atoms with Gasteiger partial charge in [-0.3, -0.25) is 9.20 Å². The van der Waals surface area contributed by atoms with Crippen molar-refractivity contribution in [3.8, 4) is 0 Å². The number of aryl methyl sites for hydroxylation is 1. The van der Waals surface area contributed by atoms with Crippen LogP contribution in [0.3, 0.4) is 0 Å². The fourth-order valence-corrected chi connectivity index (χ4v) is 2.61. The van der Waals surface area contributed by atoms with E-state index in [-0.39, 0.29) is 11.7 Å². The van der Waals surface area contributed by atoms with Crippen LogP contribution in [0, 0.1) is 6.92 Å². The van der Waals surface area contributed by atoms with Crippen LogP contribution in [0.4, 0.5) is 5.69 Å². The molecule has 3 rings (SSSR count). The molecule has 1 amide bonds. The Kier molecular flexibility index (Phi) is 4.38. The smallest absolute Gasteiger partial charge is 0.325 e. The monoisotopic (exact) mass is 326 g/mol. The number of anilines is 1. The number of benzene rings is 1. The Bertz CT molecular complexity index is 906. The van der Waals surface area contributed by atoms with E-state index in [4.69, 9.17) is 0 Å². The number of nitrogens with one attached hydrogen (secondary N) is 1. The van der Waals surface area contributed by atoms with E-state index in [1.165, 1.54) is 4.40 Å². The van der Waals surface area contributed by atoms with Gasteiger partial charge in [0.05, 0.1) is 5.75 Å². The van der Waals surface area contributed by atoms with Crippen molar-refractivity contribution in [2.24, 2.45) is 0 Å². The number of rotatable bonds is 4. The van der Waals surface area contributed by atoms with Crippen LogP contribution in [0.15, 0.2) is 58.6 Å². The third-order valence-electron chi connectivity index (χ3n) is 3.11. The first-order valence-electron chi connectivity index (χ1n) is 6.96. The Morgan fingerprint density at radius 1 is 1.17 bits per heavy atom. The summed E-state index contributed by atoms with van der Waals surface area (Å²) in [6, 6.07) is 12.8. The van der Waals surface area contributed by atoms with E-state index < -0.39 is 5.69 Å². The topological polar surface area (TPSA) is 76.4 Å². The summed E-state index contributed by atoms with van der Waals surface area (Å²) in [6.45, 7) is 1.98. The van der Waals surface area contributed by atoms with Gasteiger partial charge in [0.25, 0.3) is 0 Å². The molecule has 1 aromatic carbocycles. The van der Waals surface area contributed by atoms with E-state index >= 15 is 0 Å². The fraction of sp³-hybridized carbons (Fsp3) is 0.125. The highest BCUT2D eigenvalue weighted by Crippen LogP contribution is 2.13. The molecule has 116 valence electrons. The van der Waals surface area contributed by atoms with Gasteiger partial charge in [-0.05, 0) is 31.2 Å². The van der Waals surface area contributed by atoms with Crippen LogP contribution in [0.5, 0.6) is 0 Å². The first kappa shape index (κ1) is 15.2. The highest BCUT2D eigenvalue weighted by Gasteiger charge is 2.08. The van der Waals surface area contributed by atoms with Crippen LogP contribution in [-0.4, -0.2) is 26.0 Å². The second-order valence-electron chi connectivity index (χ2n) is 4.92. The molecule has 6 nitrogen and oxygen atoms in total. The molecule has 0 bridgehead atoms. The summed E-state index contributed by atoms with van der Waals surface area (Å²) in [5.41, 5.74) is 1.97. The number of carbonyl (C=O) groups is 1. The Balaban J connectivity index is 1.67. The zero-order valence-electron chi connectivity index (χ0n) is 12.4. The molecule has 0 unspecified atom stereocenters. The molecular formula is C16H14N4O2S. The molecule has 2 heterocycles. The standard InChI is InChI=1S/C16H14N4O2S/c1-11-5-7-12(8-6-11)17-14(21)10-23-15-18-13-4-2-3-9-20(13)16(22)19-15/h2-9H,10H2,1H3,(H,17,21). The van der Waals surface area contributed by atoms with E-state index in [1.54, 1.807) is 24.4 Å². The zero-order valence-corrected chi connectivity index (χ0v) is 13.2. The lowest BCUT2D eigenvalue weighted by Gasteiger charge is -2.05. The first-order valence-corrected chi connectivity index (χ1v) is 7.95. The van der Waals surface area contributed by atoms with Crippen molar-refractivity contribution in [2.75, 3.05) is 11.1 Å². The summed E-state index contributed by atoms with van der Waals surface area (Å²) in [5, 5.41) is 3.08. The lowest BCUT2D eigenvalue weighted by Crippen LogP contribution is -2.20. The van der Waals surface area contributed by atoms with Crippen molar-refractivity contribution in [2.45, 2.75) is 12.1 Å². The van der Waals surface area contributed by atoms with Gasteiger partial charge < -0.3 is 5.32 Å². The van der Waals surface area contributed by atoms with Crippen LogP contribution in [-0.2, 0) is 4.79 Å². The molecule has 0 saturated heterocycles. The number of carbonyl (C=O) groups excluding carboxylic acids is 1. The molecule has 0 fully saturated rings. The van der Waals surface area contributed by atoms with Gasteiger partial charge in [-0.1, -0.05) is 35.5 Å². The first-order chi connectivity index (χ1) is 11.1. The number of amides is 1. The molecule has 2 aromatic heterocycles. The number of fused-ring (bicyclic) bond motifs is 1. The average molecular weight is 326 g/mol. The largest absolute Gasteiger partial charge is 0.355 e. The SMILES string of the molecule is Cc1ccc(NC(=O)CSc2nc(=O)n3ccccc3n2)cc1. The maximum absolute atomic E-state index is 11.9. The van der Waals surface area contributed by atoms with Gasteiger partial charge in [-0.25, -0.2) is 9.78 Å². The van der Waals surface area contributed by atoms with Gasteiger partial charge in [-0.2, -0.15) is 4.98 Å². The van der Waals surface area contributed by atoms with E-state index in [0.29, 0.717) is 10.8 Å². The molecule has 0 aliphatic carbocycles. The summed E-state index contributed by atoms with van der Waals surface area (Å²) >= 11 is 1.13. The molecule has 0 radical (unpaired) electrons. The van der Waals surface area contributed by atoms with Crippen LogP contribution < -0.4 is 11.0 Å². The summed E-state index contributed by atoms with van der Waals surface area (Å²) in [7, 11) is 0. The molecule has 1 N–H and O–H groups in total. The van der Waals surface area contributed by atoms with Gasteiger partial charge >= 0.3 is 5.69 Å². The summed E-state index contributed by atoms with van der Waals surface area (Å²) in [6.07, 6.45) is 1.61. The van der Waals surface area contributed by atoms with Crippen molar-refractivity contribution in [1.82, 2.24) is 14.4 Å². The third kappa shape index (κ3) is 3.75. The molecule has 0 spiro atoms. The molecule has 7 heteroatoms. The van der Waals surface area contributed by atoms with Gasteiger partial charge in [0, 0.05) is 11.9 Å². The van der Waals surface area contributed by atoms with Gasteiger partial charge in [0.1, 0.15) is 5.65 Å². The molecule has 0 atom stereocenters. The molecule has 0 saturated carbocycles. The molecular weight excluding hydrogens is 312 g/mol. The summed E-state index contributed by atoms with van der Waals surface area (Å²) in [5.74, 6) is -0.0354. The molecule has 3 aromatic rings. The lowest BCUT2D eigenvalue weighted by atomic mass is 10.2. The minimum atomic E-state index is -0.406. The van der Waals surface area contributed by atoms with Crippen LogP contribution in [0.2, 0.25) is 0 Å². The fourth-order valence-electron chi connectivity index (χ4n) is 1.97. The van der Waals surface area contributed by atoms with E-state index in [9.17, 15) is 9.59 Å². The van der Waals surface area contributed by atoms with Crippen molar-refractivity contribution in [1.29, 1.82) is 0 Å². The second kappa shape index (κ2) is 6.62. The van der Waals surface area contributed by atoms with Crippen molar-refractivity contribution < 1.29 is 4.79 Å². The maximum atomic E-state index is 11.9. The van der Waals surface area contributed by atoms with Crippen LogP contribution in [0.25, 0.3) is 5.65 Å². The Labute approximate surface area is 136 Å². The number of nitrogens with zero attached hydrogens (tertiary/aromatic N) is 3. The number of thioether (sulfide) groups is 1. The third-order valence-corrected chi connectivity index (χ3v) is 3.96. The number of aromatic nitrogens is 3. The summed E-state index contributed by atoms with van der Waals surface area (Å²) < 4.78 is 1.36. The minimum Gasteiger partial charge on any atom is -0.325 e. The predicted molar refractivity (Wildman–Crippen MR) is 89.8 cm³/mol. The second-order valence-corrected chi connectivity index (χ2v) is 5.86. The molecule has 0 aliphatic rings. The number of hydrogen-bond acceptors (Lipinski definition) is 5. The quantitative estimate of drug-likeness (QED) is 0.743. The van der Waals surface area contributed by atoms with Crippen LogP contribution in [0.1, 0.15) is 5.56 Å². The van der Waals surface area contributed by atoms with Crippen LogP contribution >= 0.6 is 11.8 Å². The number of pyridine rings is 1. The average Bonchev–Trinajstić information content (AvgIpc) is 2.55. The molecule has 0 aliphatic heterocycles. The van der Waals surface area contributed by atoms with Gasteiger partial charge in [-0.15, -0.1) is 0 Å². The number of hydrogen-bond donors (Lipinski definition) is 1. The summed E-state index contributed by atoms with van der Waals surface area (Å²) in [4.78, 5) is 31.9. The molecule has 23 heavy (non-hydrogen) atoms. The van der Waals surface area contributed by atoms with Crippen molar-refractivity contribution >= 4 is 29.0 Å². The highest BCUT2D eigenvalue weighted by molar-refractivity contribution is 7.99. The maximum Gasteiger partial charge on any atom is 0.355 e.